The van der Waals surface area contributed by atoms with Crippen LogP contribution in [0.5, 0.6) is 0 Å². The average Bonchev–Trinajstić information content (AvgIpc) is 3.13. The van der Waals surface area contributed by atoms with Gasteiger partial charge in [0.05, 0.1) is 11.4 Å². The van der Waals surface area contributed by atoms with Crippen molar-refractivity contribution in [2.45, 2.75) is 13.0 Å². The number of amides is 2. The highest BCUT2D eigenvalue weighted by molar-refractivity contribution is 7.12. The molecule has 0 aliphatic heterocycles. The van der Waals surface area contributed by atoms with Crippen molar-refractivity contribution >= 4 is 23.2 Å². The van der Waals surface area contributed by atoms with Crippen LogP contribution >= 0.6 is 11.3 Å². The number of nitrogens with one attached hydrogen (secondary N) is 2. The highest BCUT2D eigenvalue weighted by Crippen LogP contribution is 2.07. The first kappa shape index (κ1) is 14.3. The summed E-state index contributed by atoms with van der Waals surface area (Å²) in [6, 6.07) is 5.38. The van der Waals surface area contributed by atoms with E-state index in [1.165, 1.54) is 11.3 Å². The normalized spacial score (nSPS) is 10.2. The number of aryl methyl sites for hydroxylation is 1. The molecule has 0 aliphatic carbocycles. The van der Waals surface area contributed by atoms with Crippen molar-refractivity contribution in [2.75, 3.05) is 13.1 Å². The summed E-state index contributed by atoms with van der Waals surface area (Å²) in [4.78, 5) is 23.7. The Morgan fingerprint density at radius 1 is 1.30 bits per heavy atom. The molecule has 0 aromatic carbocycles. The van der Waals surface area contributed by atoms with Crippen molar-refractivity contribution in [1.82, 2.24) is 20.4 Å². The van der Waals surface area contributed by atoms with Crippen LogP contribution in [0.25, 0.3) is 0 Å². The molecule has 2 aromatic rings. The molecule has 2 heterocycles. The van der Waals surface area contributed by atoms with Crippen molar-refractivity contribution in [3.8, 4) is 0 Å². The van der Waals surface area contributed by atoms with E-state index in [1.54, 1.807) is 18.3 Å². The molecule has 0 saturated carbocycles. The largest absolute Gasteiger partial charge is 0.355 e. The summed E-state index contributed by atoms with van der Waals surface area (Å²) in [6.45, 7) is 1.32. The quantitative estimate of drug-likeness (QED) is 0.744. The minimum Gasteiger partial charge on any atom is -0.355 e. The fraction of sp³-hybridized carbons (Fsp3) is 0.308. The Kier molecular flexibility index (Phi) is 5.31. The summed E-state index contributed by atoms with van der Waals surface area (Å²) in [5.74, 6) is -0.401. The average molecular weight is 292 g/mol. The minimum absolute atomic E-state index is 0.00148. The van der Waals surface area contributed by atoms with Crippen molar-refractivity contribution in [3.63, 3.8) is 0 Å². The van der Waals surface area contributed by atoms with Crippen LogP contribution in [0.15, 0.2) is 36.0 Å². The van der Waals surface area contributed by atoms with E-state index in [0.717, 1.165) is 13.0 Å². The van der Waals surface area contributed by atoms with Gasteiger partial charge in [0.2, 0.25) is 5.91 Å². The number of hydrogen-bond acceptors (Lipinski definition) is 4. The summed E-state index contributed by atoms with van der Waals surface area (Å²) in [6.07, 6.45) is 4.40. The fourth-order valence-electron chi connectivity index (χ4n) is 1.62. The van der Waals surface area contributed by atoms with Gasteiger partial charge in [0.25, 0.3) is 5.91 Å². The van der Waals surface area contributed by atoms with Crippen LogP contribution < -0.4 is 10.6 Å². The molecule has 20 heavy (non-hydrogen) atoms. The number of thiophene rings is 1. The van der Waals surface area contributed by atoms with Gasteiger partial charge in [-0.2, -0.15) is 5.10 Å². The van der Waals surface area contributed by atoms with Crippen molar-refractivity contribution < 1.29 is 9.59 Å². The maximum atomic E-state index is 11.6. The second-order valence-corrected chi connectivity index (χ2v) is 5.08. The molecule has 0 bridgehead atoms. The Labute approximate surface area is 120 Å². The van der Waals surface area contributed by atoms with Gasteiger partial charge in [0.1, 0.15) is 0 Å². The van der Waals surface area contributed by atoms with Crippen LogP contribution in [0.3, 0.4) is 0 Å². The van der Waals surface area contributed by atoms with Crippen LogP contribution in [-0.4, -0.2) is 34.7 Å². The number of aromatic nitrogens is 2. The summed E-state index contributed by atoms with van der Waals surface area (Å²) >= 11 is 1.35. The van der Waals surface area contributed by atoms with Gasteiger partial charge in [0, 0.05) is 25.5 Å². The first-order chi connectivity index (χ1) is 9.75. The Bertz CT molecular complexity index is 537. The third-order valence-electron chi connectivity index (χ3n) is 2.60. The number of hydrogen-bond donors (Lipinski definition) is 2. The molecular formula is C13H16N4O2S. The second kappa shape index (κ2) is 7.44. The minimum atomic E-state index is -0.216. The van der Waals surface area contributed by atoms with Gasteiger partial charge < -0.3 is 10.6 Å². The van der Waals surface area contributed by atoms with Crippen LogP contribution in [0.1, 0.15) is 16.1 Å². The van der Waals surface area contributed by atoms with E-state index in [2.05, 4.69) is 15.7 Å². The van der Waals surface area contributed by atoms with Gasteiger partial charge >= 0.3 is 0 Å². The lowest BCUT2D eigenvalue weighted by atomic mass is 10.4. The molecule has 0 saturated heterocycles. The predicted molar refractivity (Wildman–Crippen MR) is 76.5 cm³/mol. The van der Waals surface area contributed by atoms with Gasteiger partial charge in [-0.3, -0.25) is 14.3 Å². The SMILES string of the molecule is O=C(CNC(=O)c1cccs1)NCCCn1cccn1. The van der Waals surface area contributed by atoms with E-state index < -0.39 is 0 Å². The molecule has 2 amide bonds. The zero-order chi connectivity index (χ0) is 14.2. The summed E-state index contributed by atoms with van der Waals surface area (Å²) < 4.78 is 1.81. The van der Waals surface area contributed by atoms with Gasteiger partial charge in [-0.25, -0.2) is 0 Å². The fourth-order valence-corrected chi connectivity index (χ4v) is 2.26. The molecular weight excluding hydrogens is 276 g/mol. The van der Waals surface area contributed by atoms with Gasteiger partial charge in [-0.1, -0.05) is 6.07 Å². The van der Waals surface area contributed by atoms with Crippen LogP contribution in [0.4, 0.5) is 0 Å². The molecule has 2 aromatic heterocycles. The molecule has 0 unspecified atom stereocenters. The van der Waals surface area contributed by atoms with Crippen molar-refractivity contribution in [3.05, 3.63) is 40.8 Å². The zero-order valence-corrected chi connectivity index (χ0v) is 11.7. The Hall–Kier alpha value is -2.15. The highest BCUT2D eigenvalue weighted by Gasteiger charge is 2.07. The molecule has 2 rings (SSSR count). The lowest BCUT2D eigenvalue weighted by molar-refractivity contribution is -0.120. The smallest absolute Gasteiger partial charge is 0.261 e. The van der Waals surface area contributed by atoms with Gasteiger partial charge in [0.15, 0.2) is 0 Å². The van der Waals surface area contributed by atoms with E-state index >= 15 is 0 Å². The predicted octanol–water partition coefficient (Wildman–Crippen LogP) is 0.881. The molecule has 6 nitrogen and oxygen atoms in total. The Morgan fingerprint density at radius 3 is 2.90 bits per heavy atom. The maximum Gasteiger partial charge on any atom is 0.261 e. The van der Waals surface area contributed by atoms with E-state index in [4.69, 9.17) is 0 Å². The Balaban J connectivity index is 1.57. The molecule has 0 radical (unpaired) electrons. The maximum absolute atomic E-state index is 11.6. The standard InChI is InChI=1S/C13H16N4O2S/c18-12(10-15-13(19)11-4-1-9-20-11)14-5-2-7-17-8-3-6-16-17/h1,3-4,6,8-9H,2,5,7,10H2,(H,14,18)(H,15,19). The lowest BCUT2D eigenvalue weighted by Gasteiger charge is -2.06. The number of carbonyl (C=O) groups is 2. The van der Waals surface area contributed by atoms with Crippen LogP contribution in [-0.2, 0) is 11.3 Å². The Morgan fingerprint density at radius 2 is 2.20 bits per heavy atom. The molecule has 0 spiro atoms. The highest BCUT2D eigenvalue weighted by atomic mass is 32.1. The van der Waals surface area contributed by atoms with Crippen LogP contribution in [0.2, 0.25) is 0 Å². The van der Waals surface area contributed by atoms with Crippen molar-refractivity contribution in [2.24, 2.45) is 0 Å². The second-order valence-electron chi connectivity index (χ2n) is 4.13. The first-order valence-electron chi connectivity index (χ1n) is 6.31. The van der Waals surface area contributed by atoms with E-state index in [1.807, 2.05) is 22.3 Å². The summed E-state index contributed by atoms with van der Waals surface area (Å²) in [5.41, 5.74) is 0. The molecule has 0 fully saturated rings. The van der Waals surface area contributed by atoms with Crippen LogP contribution in [0, 0.1) is 0 Å². The lowest BCUT2D eigenvalue weighted by Crippen LogP contribution is -2.37. The van der Waals surface area contributed by atoms with Gasteiger partial charge in [-0.15, -0.1) is 11.3 Å². The molecule has 2 N–H and O–H groups in total. The molecule has 106 valence electrons. The summed E-state index contributed by atoms with van der Waals surface area (Å²) in [7, 11) is 0. The van der Waals surface area contributed by atoms with E-state index in [9.17, 15) is 9.59 Å². The molecule has 0 aliphatic rings. The van der Waals surface area contributed by atoms with Gasteiger partial charge in [-0.05, 0) is 23.9 Å². The zero-order valence-electron chi connectivity index (χ0n) is 10.9. The van der Waals surface area contributed by atoms with E-state index in [-0.39, 0.29) is 18.4 Å². The third-order valence-corrected chi connectivity index (χ3v) is 3.47. The number of nitrogens with zero attached hydrogens (tertiary/aromatic N) is 2. The summed E-state index contributed by atoms with van der Waals surface area (Å²) in [5, 5.41) is 11.2. The van der Waals surface area contributed by atoms with E-state index in [0.29, 0.717) is 11.4 Å². The third kappa shape index (κ3) is 4.51. The number of rotatable bonds is 7. The molecule has 0 atom stereocenters. The number of carbonyl (C=O) groups excluding carboxylic acids is 2. The first-order valence-corrected chi connectivity index (χ1v) is 7.19. The molecule has 7 heteroatoms. The topological polar surface area (TPSA) is 76.0 Å². The van der Waals surface area contributed by atoms with Crippen molar-refractivity contribution in [1.29, 1.82) is 0 Å². The monoisotopic (exact) mass is 292 g/mol.